The first kappa shape index (κ1) is 24.0. The van der Waals surface area contributed by atoms with Crippen LogP contribution in [0, 0.1) is 0 Å². The van der Waals surface area contributed by atoms with Crippen molar-refractivity contribution >= 4 is 32.7 Å². The lowest BCUT2D eigenvalue weighted by Gasteiger charge is -2.32. The average molecular weight is 534 g/mol. The van der Waals surface area contributed by atoms with Gasteiger partial charge in [-0.05, 0) is 49.6 Å². The van der Waals surface area contributed by atoms with E-state index in [9.17, 15) is 9.59 Å². The molecule has 2 aromatic heterocycles. The van der Waals surface area contributed by atoms with Crippen molar-refractivity contribution in [2.24, 2.45) is 0 Å². The number of nitrogens with zero attached hydrogens (tertiary/aromatic N) is 4. The molecule has 4 aromatic rings. The number of rotatable bonds is 3. The minimum Gasteiger partial charge on any atom is -0.487 e. The molecule has 5 heterocycles. The van der Waals surface area contributed by atoms with Gasteiger partial charge in [0.1, 0.15) is 23.1 Å². The molecule has 2 fully saturated rings. The van der Waals surface area contributed by atoms with E-state index in [0.717, 1.165) is 68.8 Å². The first-order valence-electron chi connectivity index (χ1n) is 13.4. The summed E-state index contributed by atoms with van der Waals surface area (Å²) in [5, 5.41) is 0.630. The predicted molar refractivity (Wildman–Crippen MR) is 148 cm³/mol. The Hall–Kier alpha value is -3.05. The SMILES string of the molecule is COC1CCCN(Cc2cc3c4nc(c(=O)[nH]c4c2)-c2cccc4c(=O)n(sc24)CCN2CC[C@H](C2)O3)C1. The van der Waals surface area contributed by atoms with Gasteiger partial charge in [-0.2, -0.15) is 0 Å². The molecule has 198 valence electrons. The molecular weight excluding hydrogens is 502 g/mol. The third-order valence-corrected chi connectivity index (χ3v) is 9.29. The number of methoxy groups -OCH3 is 1. The number of ether oxygens (including phenoxy) is 2. The average Bonchev–Trinajstić information content (AvgIpc) is 3.50. The van der Waals surface area contributed by atoms with Gasteiger partial charge in [-0.3, -0.25) is 23.3 Å². The second kappa shape index (κ2) is 9.60. The Morgan fingerprint density at radius 1 is 1.13 bits per heavy atom. The third kappa shape index (κ3) is 4.25. The van der Waals surface area contributed by atoms with Gasteiger partial charge in [-0.15, -0.1) is 0 Å². The fraction of sp³-hybridized carbons (Fsp3) is 0.464. The fourth-order valence-electron chi connectivity index (χ4n) is 6.12. The van der Waals surface area contributed by atoms with E-state index in [1.165, 1.54) is 11.5 Å². The van der Waals surface area contributed by atoms with Crippen LogP contribution < -0.4 is 15.9 Å². The van der Waals surface area contributed by atoms with Crippen LogP contribution >= 0.6 is 11.5 Å². The Morgan fingerprint density at radius 3 is 2.95 bits per heavy atom. The molecule has 10 heteroatoms. The van der Waals surface area contributed by atoms with Gasteiger partial charge in [0.15, 0.2) is 0 Å². The van der Waals surface area contributed by atoms with E-state index in [1.807, 2.05) is 24.3 Å². The molecule has 38 heavy (non-hydrogen) atoms. The lowest BCUT2D eigenvalue weighted by Crippen LogP contribution is -2.38. The number of fused-ring (bicyclic) bond motifs is 5. The molecule has 3 aliphatic rings. The second-order valence-electron chi connectivity index (χ2n) is 10.6. The highest BCUT2D eigenvalue weighted by Crippen LogP contribution is 2.33. The van der Waals surface area contributed by atoms with E-state index in [4.69, 9.17) is 14.5 Å². The van der Waals surface area contributed by atoms with Crippen molar-refractivity contribution in [2.45, 2.75) is 44.6 Å². The number of H-pyrrole nitrogens is 1. The number of piperidine rings is 1. The number of likely N-dealkylation sites (tertiary alicyclic amines) is 1. The van der Waals surface area contributed by atoms with E-state index in [0.29, 0.717) is 40.0 Å². The fourth-order valence-corrected chi connectivity index (χ4v) is 7.21. The molecule has 2 aromatic carbocycles. The maximum Gasteiger partial charge on any atom is 0.275 e. The van der Waals surface area contributed by atoms with Crippen molar-refractivity contribution in [3.63, 3.8) is 0 Å². The first-order valence-corrected chi connectivity index (χ1v) is 14.2. The summed E-state index contributed by atoms with van der Waals surface area (Å²) in [7, 11) is 1.78. The normalized spacial score (nSPS) is 23.8. The monoisotopic (exact) mass is 533 g/mol. The standard InChI is InChI=1S/C28H31N5O4S/c1-36-18-4-3-8-32(15-18)14-17-12-22-25-23(13-17)37-19-7-9-31(16-19)10-11-33-28(35)21-6-2-5-20(26(21)38-33)24(30-25)27(34)29-22/h2,5-6,12-13,18-19H,3-4,7-11,14-16H2,1H3,(H,29,34)/t18?,19-/m1/s1. The summed E-state index contributed by atoms with van der Waals surface area (Å²) >= 11 is 1.42. The van der Waals surface area contributed by atoms with Crippen LogP contribution in [-0.2, 0) is 17.8 Å². The Bertz CT molecular complexity index is 1640. The Balaban J connectivity index is 1.38. The van der Waals surface area contributed by atoms with E-state index in [1.54, 1.807) is 11.1 Å². The molecule has 7 rings (SSSR count). The van der Waals surface area contributed by atoms with Gasteiger partial charge in [0.2, 0.25) is 0 Å². The Kier molecular flexibility index (Phi) is 6.07. The lowest BCUT2D eigenvalue weighted by atomic mass is 10.1. The molecule has 0 spiro atoms. The predicted octanol–water partition coefficient (Wildman–Crippen LogP) is 3.04. The van der Waals surface area contributed by atoms with Crippen molar-refractivity contribution in [1.82, 2.24) is 23.7 Å². The van der Waals surface area contributed by atoms with Crippen molar-refractivity contribution in [3.05, 3.63) is 56.6 Å². The molecule has 3 atom stereocenters. The zero-order valence-electron chi connectivity index (χ0n) is 21.4. The second-order valence-corrected chi connectivity index (χ2v) is 11.7. The van der Waals surface area contributed by atoms with Gasteiger partial charge in [0, 0.05) is 51.9 Å². The number of hydrogen-bond acceptors (Lipinski definition) is 8. The molecule has 6 bridgehead atoms. The number of aromatic nitrogens is 3. The highest BCUT2D eigenvalue weighted by atomic mass is 32.1. The topological polar surface area (TPSA) is 92.7 Å². The van der Waals surface area contributed by atoms with Crippen molar-refractivity contribution in [3.8, 4) is 17.0 Å². The van der Waals surface area contributed by atoms with Gasteiger partial charge >= 0.3 is 0 Å². The number of benzene rings is 2. The molecule has 0 saturated carbocycles. The van der Waals surface area contributed by atoms with Crippen LogP contribution in [0.25, 0.3) is 32.4 Å². The van der Waals surface area contributed by atoms with E-state index in [2.05, 4.69) is 20.9 Å². The summed E-state index contributed by atoms with van der Waals surface area (Å²) in [4.78, 5) is 39.3. The van der Waals surface area contributed by atoms with E-state index >= 15 is 0 Å². The number of aromatic amines is 1. The largest absolute Gasteiger partial charge is 0.487 e. The number of hydrogen-bond donors (Lipinski definition) is 1. The maximum absolute atomic E-state index is 13.4. The van der Waals surface area contributed by atoms with Gasteiger partial charge in [0.05, 0.1) is 21.7 Å². The highest BCUT2D eigenvalue weighted by Gasteiger charge is 2.27. The smallest absolute Gasteiger partial charge is 0.275 e. The van der Waals surface area contributed by atoms with Gasteiger partial charge in [-0.1, -0.05) is 23.7 Å². The van der Waals surface area contributed by atoms with Crippen molar-refractivity contribution in [1.29, 1.82) is 0 Å². The lowest BCUT2D eigenvalue weighted by molar-refractivity contribution is 0.0285. The first-order chi connectivity index (χ1) is 18.6. The molecule has 2 unspecified atom stereocenters. The summed E-state index contributed by atoms with van der Waals surface area (Å²) in [6.45, 7) is 5.80. The van der Waals surface area contributed by atoms with Crippen LogP contribution in [-0.4, -0.2) is 75.8 Å². The summed E-state index contributed by atoms with van der Waals surface area (Å²) in [6, 6.07) is 9.66. The quantitative estimate of drug-likeness (QED) is 0.433. The summed E-state index contributed by atoms with van der Waals surface area (Å²) in [5.74, 6) is 0.706. The molecule has 0 radical (unpaired) electrons. The summed E-state index contributed by atoms with van der Waals surface area (Å²) in [5.41, 5.74) is 3.13. The van der Waals surface area contributed by atoms with Gasteiger partial charge in [-0.25, -0.2) is 4.98 Å². The third-order valence-electron chi connectivity index (χ3n) is 8.09. The van der Waals surface area contributed by atoms with Crippen molar-refractivity contribution in [2.75, 3.05) is 39.8 Å². The highest BCUT2D eigenvalue weighted by molar-refractivity contribution is 7.14. The zero-order chi connectivity index (χ0) is 25.8. The summed E-state index contributed by atoms with van der Waals surface area (Å²) < 4.78 is 14.8. The zero-order valence-corrected chi connectivity index (χ0v) is 22.3. The molecule has 0 aliphatic carbocycles. The summed E-state index contributed by atoms with van der Waals surface area (Å²) in [6.07, 6.45) is 3.38. The van der Waals surface area contributed by atoms with Crippen LogP contribution in [0.2, 0.25) is 0 Å². The minimum atomic E-state index is -0.267. The Morgan fingerprint density at radius 2 is 2.05 bits per heavy atom. The van der Waals surface area contributed by atoms with Crippen LogP contribution in [0.5, 0.6) is 5.75 Å². The van der Waals surface area contributed by atoms with Crippen molar-refractivity contribution < 1.29 is 9.47 Å². The molecular formula is C28H31N5O4S. The van der Waals surface area contributed by atoms with Gasteiger partial charge in [0.25, 0.3) is 11.1 Å². The Labute approximate surface area is 223 Å². The van der Waals surface area contributed by atoms with Crippen LogP contribution in [0.3, 0.4) is 0 Å². The maximum atomic E-state index is 13.4. The van der Waals surface area contributed by atoms with E-state index < -0.39 is 0 Å². The molecule has 9 nitrogen and oxygen atoms in total. The van der Waals surface area contributed by atoms with E-state index in [-0.39, 0.29) is 23.3 Å². The number of nitrogens with one attached hydrogen (secondary N) is 1. The van der Waals surface area contributed by atoms with Gasteiger partial charge < -0.3 is 14.5 Å². The molecule has 0 amide bonds. The van der Waals surface area contributed by atoms with Crippen LogP contribution in [0.4, 0.5) is 0 Å². The van der Waals surface area contributed by atoms with Crippen LogP contribution in [0.1, 0.15) is 24.8 Å². The minimum absolute atomic E-state index is 0.00954. The molecule has 3 aliphatic heterocycles. The van der Waals surface area contributed by atoms with Crippen LogP contribution in [0.15, 0.2) is 39.9 Å². The molecule has 2 saturated heterocycles. The molecule has 1 N–H and O–H groups in total.